The Bertz CT molecular complexity index is 431. The second-order valence-electron chi connectivity index (χ2n) is 4.44. The van der Waals surface area contributed by atoms with Gasteiger partial charge in [0.2, 0.25) is 11.8 Å². The van der Waals surface area contributed by atoms with Crippen molar-refractivity contribution in [1.29, 1.82) is 0 Å². The molecule has 18 heavy (non-hydrogen) atoms. The van der Waals surface area contributed by atoms with Gasteiger partial charge in [0.05, 0.1) is 0 Å². The molecule has 2 amide bonds. The highest BCUT2D eigenvalue weighted by atomic mass is 16.2. The number of nitrogens with one attached hydrogen (secondary N) is 1. The number of carbonyl (C=O) groups excluding carboxylic acids is 2. The fourth-order valence-electron chi connectivity index (χ4n) is 2.26. The highest BCUT2D eigenvalue weighted by Gasteiger charge is 2.33. The van der Waals surface area contributed by atoms with Crippen LogP contribution in [0.15, 0.2) is 30.3 Å². The lowest BCUT2D eigenvalue weighted by molar-refractivity contribution is -0.143. The molecular weight excluding hydrogens is 228 g/mol. The van der Waals surface area contributed by atoms with E-state index >= 15 is 0 Å². The van der Waals surface area contributed by atoms with Crippen molar-refractivity contribution in [2.75, 3.05) is 13.1 Å². The minimum absolute atomic E-state index is 0.0567. The molecule has 1 unspecified atom stereocenters. The first-order chi connectivity index (χ1) is 8.74. The molecule has 1 aromatic rings. The van der Waals surface area contributed by atoms with Crippen molar-refractivity contribution in [3.63, 3.8) is 0 Å². The van der Waals surface area contributed by atoms with Crippen LogP contribution in [0.3, 0.4) is 0 Å². The summed E-state index contributed by atoms with van der Waals surface area (Å²) in [5.74, 6) is -0.0295. The number of piperazine rings is 1. The molecule has 0 aromatic heterocycles. The molecule has 1 aliphatic rings. The topological polar surface area (TPSA) is 49.4 Å². The summed E-state index contributed by atoms with van der Waals surface area (Å²) in [5.41, 5.74) is 0.874. The summed E-state index contributed by atoms with van der Waals surface area (Å²) in [6, 6.07) is 8.99. The van der Waals surface area contributed by atoms with Crippen molar-refractivity contribution < 1.29 is 9.59 Å². The van der Waals surface area contributed by atoms with Gasteiger partial charge in [-0.1, -0.05) is 37.3 Å². The van der Waals surface area contributed by atoms with Gasteiger partial charge in [-0.3, -0.25) is 9.59 Å². The highest BCUT2D eigenvalue weighted by Crippen LogP contribution is 2.23. The van der Waals surface area contributed by atoms with Gasteiger partial charge < -0.3 is 10.2 Å². The van der Waals surface area contributed by atoms with Crippen molar-refractivity contribution >= 4 is 11.8 Å². The van der Waals surface area contributed by atoms with Gasteiger partial charge in [-0.25, -0.2) is 0 Å². The van der Waals surface area contributed by atoms with E-state index in [4.69, 9.17) is 0 Å². The molecule has 2 rings (SSSR count). The monoisotopic (exact) mass is 246 g/mol. The van der Waals surface area contributed by atoms with Gasteiger partial charge in [0, 0.05) is 19.5 Å². The van der Waals surface area contributed by atoms with Crippen LogP contribution in [0.4, 0.5) is 0 Å². The van der Waals surface area contributed by atoms with Gasteiger partial charge in [-0.15, -0.1) is 0 Å². The second kappa shape index (κ2) is 5.67. The number of amides is 2. The van der Waals surface area contributed by atoms with Crippen molar-refractivity contribution in [2.24, 2.45) is 0 Å². The van der Waals surface area contributed by atoms with E-state index in [1.165, 1.54) is 0 Å². The van der Waals surface area contributed by atoms with Gasteiger partial charge in [0.1, 0.15) is 6.04 Å². The normalized spacial score (nSPS) is 19.5. The third kappa shape index (κ3) is 2.53. The Labute approximate surface area is 107 Å². The fourth-order valence-corrected chi connectivity index (χ4v) is 2.26. The molecule has 0 radical (unpaired) electrons. The smallest absolute Gasteiger partial charge is 0.247 e. The Morgan fingerprint density at radius 3 is 2.78 bits per heavy atom. The third-order valence-electron chi connectivity index (χ3n) is 3.11. The summed E-state index contributed by atoms with van der Waals surface area (Å²) in [6.45, 7) is 3.10. The van der Waals surface area contributed by atoms with E-state index in [9.17, 15) is 9.59 Å². The largest absolute Gasteiger partial charge is 0.352 e. The summed E-state index contributed by atoms with van der Waals surface area (Å²) < 4.78 is 0. The summed E-state index contributed by atoms with van der Waals surface area (Å²) >= 11 is 0. The predicted molar refractivity (Wildman–Crippen MR) is 68.8 cm³/mol. The zero-order valence-corrected chi connectivity index (χ0v) is 10.6. The van der Waals surface area contributed by atoms with Crippen LogP contribution >= 0.6 is 0 Å². The molecule has 0 spiro atoms. The van der Waals surface area contributed by atoms with Crippen LogP contribution < -0.4 is 5.32 Å². The van der Waals surface area contributed by atoms with Crippen LogP contribution in [0.2, 0.25) is 0 Å². The fraction of sp³-hybridized carbons (Fsp3) is 0.429. The van der Waals surface area contributed by atoms with Gasteiger partial charge in [0.25, 0.3) is 0 Å². The van der Waals surface area contributed by atoms with Crippen LogP contribution in [0.5, 0.6) is 0 Å². The van der Waals surface area contributed by atoms with E-state index in [1.54, 1.807) is 4.90 Å². The van der Waals surface area contributed by atoms with Crippen molar-refractivity contribution in [3.8, 4) is 0 Å². The van der Waals surface area contributed by atoms with Gasteiger partial charge in [0.15, 0.2) is 0 Å². The highest BCUT2D eigenvalue weighted by molar-refractivity contribution is 5.89. The molecule has 0 saturated carbocycles. The lowest BCUT2D eigenvalue weighted by Gasteiger charge is -2.35. The van der Waals surface area contributed by atoms with E-state index in [0.29, 0.717) is 19.5 Å². The van der Waals surface area contributed by atoms with Crippen molar-refractivity contribution in [3.05, 3.63) is 35.9 Å². The maximum atomic E-state index is 12.1. The third-order valence-corrected chi connectivity index (χ3v) is 3.11. The SMILES string of the molecule is CCCC(=O)N1CCNC(=O)C1c1ccccc1. The Morgan fingerprint density at radius 1 is 1.39 bits per heavy atom. The minimum atomic E-state index is -0.473. The van der Waals surface area contributed by atoms with Crippen LogP contribution in [-0.2, 0) is 9.59 Å². The first-order valence-electron chi connectivity index (χ1n) is 6.36. The lowest BCUT2D eigenvalue weighted by atomic mass is 10.0. The zero-order valence-electron chi connectivity index (χ0n) is 10.6. The number of carbonyl (C=O) groups is 2. The predicted octanol–water partition coefficient (Wildman–Crippen LogP) is 1.49. The lowest BCUT2D eigenvalue weighted by Crippen LogP contribution is -2.52. The number of nitrogens with zero attached hydrogens (tertiary/aromatic N) is 1. The van der Waals surface area contributed by atoms with E-state index in [1.807, 2.05) is 37.3 Å². The van der Waals surface area contributed by atoms with Crippen LogP contribution in [0.25, 0.3) is 0 Å². The molecule has 1 aromatic carbocycles. The summed E-state index contributed by atoms with van der Waals surface area (Å²) in [7, 11) is 0. The molecule has 1 fully saturated rings. The summed E-state index contributed by atoms with van der Waals surface area (Å²) in [5, 5.41) is 2.82. The molecule has 96 valence electrons. The molecule has 1 atom stereocenters. The van der Waals surface area contributed by atoms with E-state index < -0.39 is 6.04 Å². The molecule has 4 nitrogen and oxygen atoms in total. The number of hydrogen-bond acceptors (Lipinski definition) is 2. The summed E-state index contributed by atoms with van der Waals surface area (Å²) in [6.07, 6.45) is 1.30. The average molecular weight is 246 g/mol. The van der Waals surface area contributed by atoms with Crippen molar-refractivity contribution in [1.82, 2.24) is 10.2 Å². The molecule has 0 aliphatic carbocycles. The summed E-state index contributed by atoms with van der Waals surface area (Å²) in [4.78, 5) is 25.8. The molecule has 1 heterocycles. The molecular formula is C14H18N2O2. The van der Waals surface area contributed by atoms with Crippen LogP contribution in [-0.4, -0.2) is 29.8 Å². The average Bonchev–Trinajstić information content (AvgIpc) is 2.39. The minimum Gasteiger partial charge on any atom is -0.352 e. The molecule has 1 N–H and O–H groups in total. The maximum Gasteiger partial charge on any atom is 0.247 e. The number of benzene rings is 1. The number of rotatable bonds is 3. The standard InChI is InChI=1S/C14H18N2O2/c1-2-6-12(17)16-10-9-15-14(18)13(16)11-7-4-3-5-8-11/h3-5,7-8,13H,2,6,9-10H2,1H3,(H,15,18). The van der Waals surface area contributed by atoms with E-state index in [2.05, 4.69) is 5.32 Å². The Balaban J connectivity index is 2.26. The molecule has 1 aliphatic heterocycles. The molecule has 4 heteroatoms. The van der Waals surface area contributed by atoms with Gasteiger partial charge in [-0.2, -0.15) is 0 Å². The Hall–Kier alpha value is -1.84. The van der Waals surface area contributed by atoms with E-state index in [-0.39, 0.29) is 11.8 Å². The van der Waals surface area contributed by atoms with Crippen LogP contribution in [0.1, 0.15) is 31.4 Å². The van der Waals surface area contributed by atoms with Crippen molar-refractivity contribution in [2.45, 2.75) is 25.8 Å². The second-order valence-corrected chi connectivity index (χ2v) is 4.44. The Morgan fingerprint density at radius 2 is 2.11 bits per heavy atom. The molecule has 1 saturated heterocycles. The molecule has 0 bridgehead atoms. The van der Waals surface area contributed by atoms with E-state index in [0.717, 1.165) is 12.0 Å². The first kappa shape index (κ1) is 12.6. The van der Waals surface area contributed by atoms with Gasteiger partial charge in [-0.05, 0) is 12.0 Å². The quantitative estimate of drug-likeness (QED) is 0.878. The maximum absolute atomic E-state index is 12.1. The Kier molecular flexibility index (Phi) is 3.97. The first-order valence-corrected chi connectivity index (χ1v) is 6.36. The van der Waals surface area contributed by atoms with Gasteiger partial charge >= 0.3 is 0 Å². The zero-order chi connectivity index (χ0) is 13.0. The number of hydrogen-bond donors (Lipinski definition) is 1. The van der Waals surface area contributed by atoms with Crippen LogP contribution in [0, 0.1) is 0 Å².